The van der Waals surface area contributed by atoms with Crippen molar-refractivity contribution in [2.75, 3.05) is 36.1 Å². The molecule has 28 heavy (non-hydrogen) atoms. The van der Waals surface area contributed by atoms with Gasteiger partial charge in [0, 0.05) is 25.3 Å². The molecule has 7 heteroatoms. The first-order chi connectivity index (χ1) is 13.6. The van der Waals surface area contributed by atoms with Crippen LogP contribution in [0.4, 0.5) is 11.6 Å². The second-order valence-corrected chi connectivity index (χ2v) is 9.70. The minimum Gasteiger partial charge on any atom is -0.612 e. The van der Waals surface area contributed by atoms with Gasteiger partial charge in [0.15, 0.2) is 4.90 Å². The first kappa shape index (κ1) is 19.8. The predicted molar refractivity (Wildman–Crippen MR) is 115 cm³/mol. The van der Waals surface area contributed by atoms with Crippen LogP contribution in [0.25, 0.3) is 0 Å². The lowest BCUT2D eigenvalue weighted by Crippen LogP contribution is -2.35. The zero-order valence-corrected chi connectivity index (χ0v) is 17.8. The van der Waals surface area contributed by atoms with Gasteiger partial charge in [0.2, 0.25) is 5.95 Å². The molecule has 1 aliphatic heterocycles. The maximum Gasteiger partial charge on any atom is 0.225 e. The summed E-state index contributed by atoms with van der Waals surface area (Å²) < 4.78 is 11.4. The van der Waals surface area contributed by atoms with Gasteiger partial charge in [-0.25, -0.2) is 9.97 Å². The molecule has 2 fully saturated rings. The van der Waals surface area contributed by atoms with Crippen LogP contribution in [0.15, 0.2) is 41.6 Å². The molecular formula is C21H27ClN4OS. The quantitative estimate of drug-likeness (QED) is 0.682. The molecule has 2 aromatic rings. The summed E-state index contributed by atoms with van der Waals surface area (Å²) in [4.78, 5) is 11.8. The molecule has 3 atom stereocenters. The van der Waals surface area contributed by atoms with E-state index in [4.69, 9.17) is 11.6 Å². The van der Waals surface area contributed by atoms with Crippen LogP contribution in [-0.4, -0.2) is 40.4 Å². The first-order valence-corrected chi connectivity index (χ1v) is 11.9. The van der Waals surface area contributed by atoms with Crippen molar-refractivity contribution in [1.82, 2.24) is 9.97 Å². The summed E-state index contributed by atoms with van der Waals surface area (Å²) in [5, 5.41) is 4.09. The molecule has 1 aromatic heterocycles. The summed E-state index contributed by atoms with van der Waals surface area (Å²) in [7, 11) is 0. The number of benzene rings is 1. The van der Waals surface area contributed by atoms with Gasteiger partial charge >= 0.3 is 0 Å². The molecule has 2 aliphatic rings. The molecular weight excluding hydrogens is 392 g/mol. The number of piperidine rings is 1. The number of rotatable bonds is 7. The van der Waals surface area contributed by atoms with Gasteiger partial charge in [-0.15, -0.1) is 0 Å². The second-order valence-electron chi connectivity index (χ2n) is 7.88. The predicted octanol–water partition coefficient (Wildman–Crippen LogP) is 4.22. The van der Waals surface area contributed by atoms with Crippen molar-refractivity contribution in [3.63, 3.8) is 0 Å². The fraction of sp³-hybridized carbons (Fsp3) is 0.524. The normalized spacial score (nSPS) is 23.5. The van der Waals surface area contributed by atoms with E-state index in [0.717, 1.165) is 53.9 Å². The minimum absolute atomic E-state index is 0.587. The molecule has 0 amide bonds. The van der Waals surface area contributed by atoms with E-state index in [0.29, 0.717) is 5.02 Å². The third-order valence-electron chi connectivity index (χ3n) is 6.04. The van der Waals surface area contributed by atoms with E-state index in [1.807, 2.05) is 24.3 Å². The lowest BCUT2D eigenvalue weighted by Gasteiger charge is -2.32. The maximum absolute atomic E-state index is 11.4. The third kappa shape index (κ3) is 4.91. The SMILES string of the molecule is C[S+]([O-])c1ccc(NCC[C@H]2C[C@@H]2C2CCN(c3ncc(Cl)cn3)CC2)cc1. The molecule has 1 N–H and O–H groups in total. The molecule has 0 radical (unpaired) electrons. The Kier molecular flexibility index (Phi) is 6.28. The van der Waals surface area contributed by atoms with Crippen molar-refractivity contribution >= 4 is 34.4 Å². The van der Waals surface area contributed by atoms with Crippen molar-refractivity contribution in [1.29, 1.82) is 0 Å². The van der Waals surface area contributed by atoms with Gasteiger partial charge < -0.3 is 14.8 Å². The molecule has 1 unspecified atom stereocenters. The van der Waals surface area contributed by atoms with Crippen LogP contribution in [0.3, 0.4) is 0 Å². The summed E-state index contributed by atoms with van der Waals surface area (Å²) >= 11 is 4.97. The zero-order chi connectivity index (χ0) is 19.5. The Morgan fingerprint density at radius 2 is 1.86 bits per heavy atom. The maximum atomic E-state index is 11.4. The van der Waals surface area contributed by atoms with Crippen LogP contribution in [0.5, 0.6) is 0 Å². The van der Waals surface area contributed by atoms with Crippen LogP contribution in [0.2, 0.25) is 5.02 Å². The van der Waals surface area contributed by atoms with E-state index in [2.05, 4.69) is 20.2 Å². The van der Waals surface area contributed by atoms with E-state index in [1.54, 1.807) is 18.6 Å². The van der Waals surface area contributed by atoms with Crippen LogP contribution >= 0.6 is 11.6 Å². The summed E-state index contributed by atoms with van der Waals surface area (Å²) in [5.74, 6) is 3.39. The fourth-order valence-electron chi connectivity index (χ4n) is 4.34. The lowest BCUT2D eigenvalue weighted by molar-refractivity contribution is 0.343. The lowest BCUT2D eigenvalue weighted by atomic mass is 9.90. The van der Waals surface area contributed by atoms with Crippen molar-refractivity contribution < 1.29 is 4.55 Å². The average Bonchev–Trinajstić information content (AvgIpc) is 3.49. The topological polar surface area (TPSA) is 64.1 Å². The number of nitrogens with one attached hydrogen (secondary N) is 1. The summed E-state index contributed by atoms with van der Waals surface area (Å²) in [5.41, 5.74) is 1.11. The average molecular weight is 419 g/mol. The zero-order valence-electron chi connectivity index (χ0n) is 16.2. The number of aromatic nitrogens is 2. The van der Waals surface area contributed by atoms with Gasteiger partial charge in [-0.3, -0.25) is 0 Å². The van der Waals surface area contributed by atoms with E-state index >= 15 is 0 Å². The van der Waals surface area contributed by atoms with Gasteiger partial charge in [0.25, 0.3) is 0 Å². The Morgan fingerprint density at radius 3 is 2.50 bits per heavy atom. The van der Waals surface area contributed by atoms with Crippen molar-refractivity contribution in [2.24, 2.45) is 17.8 Å². The van der Waals surface area contributed by atoms with E-state index < -0.39 is 11.2 Å². The van der Waals surface area contributed by atoms with Gasteiger partial charge in [-0.1, -0.05) is 11.6 Å². The van der Waals surface area contributed by atoms with Crippen LogP contribution in [0.1, 0.15) is 25.7 Å². The van der Waals surface area contributed by atoms with Crippen molar-refractivity contribution in [2.45, 2.75) is 30.6 Å². The van der Waals surface area contributed by atoms with Gasteiger partial charge in [-0.2, -0.15) is 0 Å². The highest BCUT2D eigenvalue weighted by Gasteiger charge is 2.43. The van der Waals surface area contributed by atoms with Crippen molar-refractivity contribution in [3.8, 4) is 0 Å². The number of hydrogen-bond acceptors (Lipinski definition) is 5. The molecule has 0 bridgehead atoms. The molecule has 1 aliphatic carbocycles. The van der Waals surface area contributed by atoms with Gasteiger partial charge in [0.05, 0.1) is 17.4 Å². The Morgan fingerprint density at radius 1 is 1.18 bits per heavy atom. The van der Waals surface area contributed by atoms with E-state index in [9.17, 15) is 4.55 Å². The smallest absolute Gasteiger partial charge is 0.225 e. The molecule has 0 spiro atoms. The highest BCUT2D eigenvalue weighted by Crippen LogP contribution is 2.49. The Bertz CT molecular complexity index is 763. The minimum atomic E-state index is -0.909. The molecule has 2 heterocycles. The Hall–Kier alpha value is -1.50. The van der Waals surface area contributed by atoms with Crippen LogP contribution in [0, 0.1) is 17.8 Å². The second kappa shape index (κ2) is 8.89. The fourth-order valence-corrected chi connectivity index (χ4v) is 4.96. The molecule has 4 rings (SSSR count). The van der Waals surface area contributed by atoms with Gasteiger partial charge in [-0.05, 0) is 78.9 Å². The van der Waals surface area contributed by atoms with Crippen LogP contribution < -0.4 is 10.2 Å². The molecule has 150 valence electrons. The van der Waals surface area contributed by atoms with Crippen molar-refractivity contribution in [3.05, 3.63) is 41.7 Å². The van der Waals surface area contributed by atoms with Crippen LogP contribution in [-0.2, 0) is 11.2 Å². The first-order valence-electron chi connectivity index (χ1n) is 10.00. The standard InChI is InChI=1S/C21H27ClN4OS/c1-28(27)19-4-2-18(3-5-19)23-9-6-16-12-20(16)15-7-10-26(11-8-15)21-24-13-17(22)14-25-21/h2-5,13-16,20,23H,6-12H2,1H3/t16-,20+,28?/m0/s1. The molecule has 5 nitrogen and oxygen atoms in total. The molecule has 1 saturated carbocycles. The van der Waals surface area contributed by atoms with E-state index in [-0.39, 0.29) is 0 Å². The number of nitrogens with zero attached hydrogens (tertiary/aromatic N) is 3. The molecule has 1 saturated heterocycles. The summed E-state index contributed by atoms with van der Waals surface area (Å²) in [6.07, 6.45) is 10.1. The molecule has 1 aromatic carbocycles. The third-order valence-corrected chi connectivity index (χ3v) is 7.17. The van der Waals surface area contributed by atoms with Gasteiger partial charge in [0.1, 0.15) is 6.26 Å². The van der Waals surface area contributed by atoms with E-state index in [1.165, 1.54) is 25.7 Å². The highest BCUT2D eigenvalue weighted by molar-refractivity contribution is 7.90. The Balaban J connectivity index is 1.17. The number of halogens is 1. The monoisotopic (exact) mass is 418 g/mol. The number of anilines is 2. The summed E-state index contributed by atoms with van der Waals surface area (Å²) in [6, 6.07) is 7.93. The summed E-state index contributed by atoms with van der Waals surface area (Å²) in [6.45, 7) is 3.09. The number of hydrogen-bond donors (Lipinski definition) is 1. The Labute approximate surface area is 175 Å². The highest BCUT2D eigenvalue weighted by atomic mass is 35.5. The largest absolute Gasteiger partial charge is 0.612 e.